The lowest BCUT2D eigenvalue weighted by atomic mass is 9.96. The second kappa shape index (κ2) is 5.06. The molecular weight excluding hydrogens is 316 g/mol. The predicted molar refractivity (Wildman–Crippen MR) is 87.8 cm³/mol. The van der Waals surface area contributed by atoms with E-state index in [-0.39, 0.29) is 0 Å². The molecule has 1 aliphatic carbocycles. The topological polar surface area (TPSA) is 0 Å². The normalized spacial score (nSPS) is 15.6. The Balaban J connectivity index is 2.01. The first kappa shape index (κ1) is 13.4. The van der Waals surface area contributed by atoms with Crippen LogP contribution < -0.4 is 0 Å². The summed E-state index contributed by atoms with van der Waals surface area (Å²) in [5, 5.41) is 0. The first-order valence-electron chi connectivity index (χ1n) is 6.89. The number of fused-ring (bicyclic) bond motifs is 1. The third-order valence-electron chi connectivity index (χ3n) is 4.01. The molecule has 100 valence electrons. The fourth-order valence-corrected chi connectivity index (χ4v) is 5.59. The van der Waals surface area contributed by atoms with Crippen LogP contribution in [-0.2, 0) is 12.8 Å². The number of halogens is 1. The summed E-state index contributed by atoms with van der Waals surface area (Å²) in [7, 11) is 0. The average Bonchev–Trinajstić information content (AvgIpc) is 2.86. The monoisotopic (exact) mass is 334 g/mol. The molecule has 0 spiro atoms. The van der Waals surface area contributed by atoms with Crippen LogP contribution in [-0.4, -0.2) is 0 Å². The van der Waals surface area contributed by atoms with Crippen LogP contribution in [0.15, 0.2) is 18.2 Å². The van der Waals surface area contributed by atoms with Gasteiger partial charge in [-0.05, 0) is 68.4 Å². The van der Waals surface area contributed by atoms with E-state index in [0.29, 0.717) is 4.83 Å². The first-order chi connectivity index (χ1) is 9.06. The molecular formula is C17H19BrS. The zero-order chi connectivity index (χ0) is 13.6. The molecule has 2 aromatic rings. The van der Waals surface area contributed by atoms with Crippen molar-refractivity contribution in [2.45, 2.75) is 44.9 Å². The molecule has 1 aromatic heterocycles. The van der Waals surface area contributed by atoms with Gasteiger partial charge in [-0.15, -0.1) is 11.3 Å². The smallest absolute Gasteiger partial charge is 0.0743 e. The van der Waals surface area contributed by atoms with Crippen molar-refractivity contribution in [3.8, 4) is 0 Å². The van der Waals surface area contributed by atoms with Crippen LogP contribution >= 0.6 is 27.3 Å². The molecule has 2 heteroatoms. The third-order valence-corrected chi connectivity index (χ3v) is 6.56. The van der Waals surface area contributed by atoms with Crippen molar-refractivity contribution in [3.63, 3.8) is 0 Å². The summed E-state index contributed by atoms with van der Waals surface area (Å²) in [5.74, 6) is 0. The zero-order valence-corrected chi connectivity index (χ0v) is 14.1. The number of aryl methyl sites for hydroxylation is 5. The third kappa shape index (κ3) is 2.41. The van der Waals surface area contributed by atoms with Gasteiger partial charge in [0, 0.05) is 9.75 Å². The minimum atomic E-state index is 0.351. The Hall–Kier alpha value is -0.600. The van der Waals surface area contributed by atoms with Gasteiger partial charge in [0.15, 0.2) is 0 Å². The summed E-state index contributed by atoms with van der Waals surface area (Å²) in [6.45, 7) is 6.63. The van der Waals surface area contributed by atoms with Crippen LogP contribution in [0.3, 0.4) is 0 Å². The molecule has 1 heterocycles. The largest absolute Gasteiger partial charge is 0.144 e. The van der Waals surface area contributed by atoms with Crippen molar-refractivity contribution in [3.05, 3.63) is 55.8 Å². The van der Waals surface area contributed by atoms with Gasteiger partial charge >= 0.3 is 0 Å². The Kier molecular flexibility index (Phi) is 3.57. The lowest BCUT2D eigenvalue weighted by Gasteiger charge is -2.16. The van der Waals surface area contributed by atoms with Gasteiger partial charge in [0.2, 0.25) is 0 Å². The van der Waals surface area contributed by atoms with Crippen molar-refractivity contribution in [1.29, 1.82) is 0 Å². The molecule has 1 atom stereocenters. The Morgan fingerprint density at radius 2 is 1.74 bits per heavy atom. The Labute approximate surface area is 128 Å². The van der Waals surface area contributed by atoms with E-state index >= 15 is 0 Å². The van der Waals surface area contributed by atoms with E-state index in [1.807, 2.05) is 11.3 Å². The maximum absolute atomic E-state index is 3.93. The van der Waals surface area contributed by atoms with Crippen LogP contribution in [0.25, 0.3) is 0 Å². The zero-order valence-electron chi connectivity index (χ0n) is 11.7. The fraction of sp³-hybridized carbons (Fsp3) is 0.412. The second-order valence-corrected chi connectivity index (χ2v) is 7.71. The van der Waals surface area contributed by atoms with Crippen molar-refractivity contribution in [2.24, 2.45) is 0 Å². The fourth-order valence-electron chi connectivity index (χ4n) is 3.21. The van der Waals surface area contributed by atoms with Gasteiger partial charge in [0.05, 0.1) is 4.83 Å². The molecule has 0 saturated carbocycles. The Morgan fingerprint density at radius 3 is 2.37 bits per heavy atom. The van der Waals surface area contributed by atoms with Crippen LogP contribution in [0.5, 0.6) is 0 Å². The number of hydrogen-bond donors (Lipinski definition) is 0. The standard InChI is InChI=1S/C17H19BrS/c1-10-7-11(2)16(12(3)8-10)17(18)15-9-13-5-4-6-14(13)19-15/h7-9,17H,4-6H2,1-3H3. The molecule has 0 amide bonds. The second-order valence-electron chi connectivity index (χ2n) is 5.63. The highest BCUT2D eigenvalue weighted by Crippen LogP contribution is 2.42. The molecule has 0 nitrogen and oxygen atoms in total. The van der Waals surface area contributed by atoms with E-state index in [2.05, 4.69) is 54.9 Å². The van der Waals surface area contributed by atoms with Gasteiger partial charge in [0.25, 0.3) is 0 Å². The average molecular weight is 335 g/mol. The van der Waals surface area contributed by atoms with E-state index in [1.54, 1.807) is 10.4 Å². The van der Waals surface area contributed by atoms with Crippen LogP contribution in [0, 0.1) is 20.8 Å². The lowest BCUT2D eigenvalue weighted by molar-refractivity contribution is 0.913. The van der Waals surface area contributed by atoms with Crippen molar-refractivity contribution >= 4 is 27.3 Å². The minimum absolute atomic E-state index is 0.351. The van der Waals surface area contributed by atoms with E-state index in [9.17, 15) is 0 Å². The summed E-state index contributed by atoms with van der Waals surface area (Å²) < 4.78 is 0. The molecule has 19 heavy (non-hydrogen) atoms. The Bertz CT molecular complexity index is 580. The van der Waals surface area contributed by atoms with Crippen LogP contribution in [0.4, 0.5) is 0 Å². The van der Waals surface area contributed by atoms with Crippen LogP contribution in [0.1, 0.15) is 48.8 Å². The SMILES string of the molecule is Cc1cc(C)c(C(Br)c2cc3c(s2)CCC3)c(C)c1. The summed E-state index contributed by atoms with van der Waals surface area (Å²) in [5.41, 5.74) is 7.19. The maximum Gasteiger partial charge on any atom is 0.0743 e. The summed E-state index contributed by atoms with van der Waals surface area (Å²) in [6.07, 6.45) is 3.90. The van der Waals surface area contributed by atoms with E-state index < -0.39 is 0 Å². The quantitative estimate of drug-likeness (QED) is 0.623. The molecule has 3 rings (SSSR count). The molecule has 0 bridgehead atoms. The van der Waals surface area contributed by atoms with Crippen molar-refractivity contribution in [2.75, 3.05) is 0 Å². The van der Waals surface area contributed by atoms with E-state index in [0.717, 1.165) is 0 Å². The molecule has 1 aromatic carbocycles. The van der Waals surface area contributed by atoms with Crippen LogP contribution in [0.2, 0.25) is 0 Å². The molecule has 1 unspecified atom stereocenters. The summed E-state index contributed by atoms with van der Waals surface area (Å²) in [6, 6.07) is 7.00. The van der Waals surface area contributed by atoms with Gasteiger partial charge in [-0.1, -0.05) is 33.6 Å². The molecule has 0 saturated heterocycles. The summed E-state index contributed by atoms with van der Waals surface area (Å²) in [4.78, 5) is 3.44. The predicted octanol–water partition coefficient (Wildman–Crippen LogP) is 5.65. The first-order valence-corrected chi connectivity index (χ1v) is 8.63. The van der Waals surface area contributed by atoms with Crippen molar-refractivity contribution in [1.82, 2.24) is 0 Å². The number of rotatable bonds is 2. The molecule has 0 aliphatic heterocycles. The molecule has 1 aliphatic rings. The maximum atomic E-state index is 3.93. The highest BCUT2D eigenvalue weighted by atomic mass is 79.9. The highest BCUT2D eigenvalue weighted by molar-refractivity contribution is 9.09. The number of thiophene rings is 1. The molecule has 0 fully saturated rings. The summed E-state index contributed by atoms with van der Waals surface area (Å²) >= 11 is 5.93. The van der Waals surface area contributed by atoms with Gasteiger partial charge in [0.1, 0.15) is 0 Å². The van der Waals surface area contributed by atoms with Gasteiger partial charge < -0.3 is 0 Å². The lowest BCUT2D eigenvalue weighted by Crippen LogP contribution is -1.98. The molecule has 0 N–H and O–H groups in total. The van der Waals surface area contributed by atoms with Gasteiger partial charge in [-0.2, -0.15) is 0 Å². The van der Waals surface area contributed by atoms with E-state index in [1.165, 1.54) is 46.4 Å². The van der Waals surface area contributed by atoms with Gasteiger partial charge in [-0.3, -0.25) is 0 Å². The van der Waals surface area contributed by atoms with Gasteiger partial charge in [-0.25, -0.2) is 0 Å². The molecule has 0 radical (unpaired) electrons. The highest BCUT2D eigenvalue weighted by Gasteiger charge is 2.21. The number of benzene rings is 1. The number of alkyl halides is 1. The number of hydrogen-bond acceptors (Lipinski definition) is 1. The Morgan fingerprint density at radius 1 is 1.05 bits per heavy atom. The van der Waals surface area contributed by atoms with Crippen molar-refractivity contribution < 1.29 is 0 Å². The van der Waals surface area contributed by atoms with E-state index in [4.69, 9.17) is 0 Å². The minimum Gasteiger partial charge on any atom is -0.144 e.